The molecule has 1 aliphatic rings. The maximum atomic E-state index is 13.0. The summed E-state index contributed by atoms with van der Waals surface area (Å²) in [4.78, 5) is 23.7. The van der Waals surface area contributed by atoms with Crippen molar-refractivity contribution in [1.29, 1.82) is 0 Å². The van der Waals surface area contributed by atoms with Gasteiger partial charge in [-0.2, -0.15) is 0 Å². The number of methoxy groups -OCH3 is 1. The summed E-state index contributed by atoms with van der Waals surface area (Å²) < 4.78 is 6.00. The smallest absolute Gasteiger partial charge is 0.260 e. The number of piperidine rings is 1. The third-order valence-electron chi connectivity index (χ3n) is 4.84. The number of hydrogen-bond acceptors (Lipinski definition) is 8. The lowest BCUT2D eigenvalue weighted by Gasteiger charge is -2.33. The monoisotopic (exact) mass is 398 g/mol. The van der Waals surface area contributed by atoms with Crippen LogP contribution >= 0.6 is 11.3 Å². The molecule has 0 unspecified atom stereocenters. The van der Waals surface area contributed by atoms with E-state index in [2.05, 4.69) is 20.2 Å². The fourth-order valence-electron chi connectivity index (χ4n) is 3.48. The highest BCUT2D eigenvalue weighted by atomic mass is 32.1. The van der Waals surface area contributed by atoms with Crippen molar-refractivity contribution in [3.8, 4) is 5.75 Å². The van der Waals surface area contributed by atoms with E-state index in [1.807, 2.05) is 12.1 Å². The summed E-state index contributed by atoms with van der Waals surface area (Å²) in [7, 11) is 1.57. The van der Waals surface area contributed by atoms with Gasteiger partial charge >= 0.3 is 0 Å². The van der Waals surface area contributed by atoms with E-state index in [0.717, 1.165) is 36.3 Å². The third-order valence-corrected chi connectivity index (χ3v) is 5.79. The Kier molecular flexibility index (Phi) is 5.01. The van der Waals surface area contributed by atoms with Gasteiger partial charge in [0.05, 0.1) is 41.1 Å². The van der Waals surface area contributed by atoms with Crippen LogP contribution in [0.15, 0.2) is 30.7 Å². The Balaban J connectivity index is 1.65. The van der Waals surface area contributed by atoms with Crippen molar-refractivity contribution in [3.63, 3.8) is 0 Å². The van der Waals surface area contributed by atoms with Crippen LogP contribution in [0.2, 0.25) is 0 Å². The van der Waals surface area contributed by atoms with Crippen molar-refractivity contribution in [2.75, 3.05) is 36.1 Å². The van der Waals surface area contributed by atoms with Gasteiger partial charge in [0.1, 0.15) is 16.3 Å². The van der Waals surface area contributed by atoms with Crippen molar-refractivity contribution in [2.45, 2.75) is 18.9 Å². The van der Waals surface area contributed by atoms with Gasteiger partial charge in [-0.05, 0) is 18.9 Å². The van der Waals surface area contributed by atoms with Gasteiger partial charge in [0.15, 0.2) is 0 Å². The molecule has 28 heavy (non-hydrogen) atoms. The van der Waals surface area contributed by atoms with Crippen LogP contribution in [0.5, 0.6) is 5.75 Å². The molecule has 1 saturated heterocycles. The molecule has 0 bridgehead atoms. The second kappa shape index (κ2) is 7.61. The number of rotatable bonds is 4. The van der Waals surface area contributed by atoms with Gasteiger partial charge < -0.3 is 26.4 Å². The van der Waals surface area contributed by atoms with E-state index in [1.54, 1.807) is 25.7 Å². The molecule has 146 valence electrons. The lowest BCUT2D eigenvalue weighted by atomic mass is 10.1. The average molecular weight is 398 g/mol. The number of fused-ring (bicyclic) bond motifs is 1. The van der Waals surface area contributed by atoms with Gasteiger partial charge in [0.25, 0.3) is 5.91 Å². The quantitative estimate of drug-likeness (QED) is 0.617. The number of hydrogen-bond donors (Lipinski definition) is 3. The Bertz CT molecular complexity index is 1020. The molecule has 9 heteroatoms. The van der Waals surface area contributed by atoms with Crippen LogP contribution in [0.3, 0.4) is 0 Å². The number of nitrogens with zero attached hydrogens (tertiary/aromatic N) is 3. The Labute approximate surface area is 166 Å². The zero-order valence-electron chi connectivity index (χ0n) is 15.5. The summed E-state index contributed by atoms with van der Waals surface area (Å²) in [6, 6.07) is 3.84. The minimum Gasteiger partial charge on any atom is -0.495 e. The van der Waals surface area contributed by atoms with Crippen LogP contribution in [-0.4, -0.2) is 42.1 Å². The number of anilines is 3. The van der Waals surface area contributed by atoms with Crippen LogP contribution < -0.4 is 26.4 Å². The number of nitrogen functional groups attached to an aromatic ring is 1. The molecule has 8 nitrogen and oxygen atoms in total. The second-order valence-electron chi connectivity index (χ2n) is 6.76. The number of pyridine rings is 2. The largest absolute Gasteiger partial charge is 0.495 e. The third kappa shape index (κ3) is 3.46. The first-order valence-corrected chi connectivity index (χ1v) is 9.86. The fourth-order valence-corrected chi connectivity index (χ4v) is 4.44. The highest BCUT2D eigenvalue weighted by molar-refractivity contribution is 7.23. The lowest BCUT2D eigenvalue weighted by molar-refractivity contribution is 0.102. The molecular weight excluding hydrogens is 376 g/mol. The molecular formula is C19H22N6O2S. The van der Waals surface area contributed by atoms with E-state index in [0.29, 0.717) is 27.5 Å². The van der Waals surface area contributed by atoms with Crippen molar-refractivity contribution in [2.24, 2.45) is 5.73 Å². The molecule has 5 N–H and O–H groups in total. The van der Waals surface area contributed by atoms with Crippen LogP contribution in [0.1, 0.15) is 23.2 Å². The van der Waals surface area contributed by atoms with E-state index >= 15 is 0 Å². The Morgan fingerprint density at radius 1 is 1.43 bits per heavy atom. The molecule has 4 heterocycles. The normalized spacial score (nSPS) is 16.9. The Morgan fingerprint density at radius 2 is 2.29 bits per heavy atom. The van der Waals surface area contributed by atoms with E-state index in [4.69, 9.17) is 16.2 Å². The maximum Gasteiger partial charge on any atom is 0.260 e. The molecule has 0 aromatic carbocycles. The Hall–Kier alpha value is -2.91. The van der Waals surface area contributed by atoms with Crippen molar-refractivity contribution >= 4 is 43.8 Å². The van der Waals surface area contributed by atoms with Gasteiger partial charge in [-0.25, -0.2) is 0 Å². The standard InChI is InChI=1S/C19H22N6O2S/c1-27-12-7-15-17(23-8-12)16(18(21)28-15)19(26)24-13-9-22-5-4-14(13)25-6-2-3-11(20)10-25/h4-5,7-9,11H,2-3,6,10,20-21H2,1H3,(H,24,26)/t11-/m1/s1. The van der Waals surface area contributed by atoms with Gasteiger partial charge in [0.2, 0.25) is 0 Å². The van der Waals surface area contributed by atoms with Gasteiger partial charge in [0, 0.05) is 31.4 Å². The molecule has 0 spiro atoms. The maximum absolute atomic E-state index is 13.0. The van der Waals surface area contributed by atoms with Crippen LogP contribution in [-0.2, 0) is 0 Å². The molecule has 3 aromatic heterocycles. The number of amides is 1. The number of nitrogens with one attached hydrogen (secondary N) is 1. The number of carbonyl (C=O) groups is 1. The second-order valence-corrected chi connectivity index (χ2v) is 7.84. The first-order valence-electron chi connectivity index (χ1n) is 9.04. The summed E-state index contributed by atoms with van der Waals surface area (Å²) in [5.41, 5.74) is 14.7. The minimum atomic E-state index is -0.308. The van der Waals surface area contributed by atoms with Crippen molar-refractivity contribution < 1.29 is 9.53 Å². The molecule has 0 aliphatic carbocycles. The lowest BCUT2D eigenvalue weighted by Crippen LogP contribution is -2.43. The molecule has 1 atom stereocenters. The van der Waals surface area contributed by atoms with Crippen LogP contribution in [0.4, 0.5) is 16.4 Å². The van der Waals surface area contributed by atoms with E-state index < -0.39 is 0 Å². The number of thiophene rings is 1. The Morgan fingerprint density at radius 3 is 3.07 bits per heavy atom. The minimum absolute atomic E-state index is 0.126. The molecule has 0 saturated carbocycles. The molecule has 4 rings (SSSR count). The molecule has 0 radical (unpaired) electrons. The molecule has 1 amide bonds. The zero-order chi connectivity index (χ0) is 19.7. The molecule has 3 aromatic rings. The van der Waals surface area contributed by atoms with Crippen molar-refractivity contribution in [3.05, 3.63) is 36.3 Å². The SMILES string of the molecule is COc1cnc2c(C(=O)Nc3cnccc3N3CCC[C@@H](N)C3)c(N)sc2c1. The van der Waals surface area contributed by atoms with Gasteiger partial charge in [-0.1, -0.05) is 0 Å². The summed E-state index contributed by atoms with van der Waals surface area (Å²) in [5.74, 6) is 0.314. The summed E-state index contributed by atoms with van der Waals surface area (Å²) in [5, 5.41) is 3.37. The van der Waals surface area contributed by atoms with E-state index in [1.165, 1.54) is 11.3 Å². The van der Waals surface area contributed by atoms with E-state index in [-0.39, 0.29) is 11.9 Å². The molecule has 1 fully saturated rings. The average Bonchev–Trinajstić information content (AvgIpc) is 3.03. The first-order chi connectivity index (χ1) is 13.6. The summed E-state index contributed by atoms with van der Waals surface area (Å²) in [6.45, 7) is 1.64. The summed E-state index contributed by atoms with van der Waals surface area (Å²) in [6.07, 6.45) is 6.97. The van der Waals surface area contributed by atoms with Crippen LogP contribution in [0, 0.1) is 0 Å². The number of carbonyl (C=O) groups excluding carboxylic acids is 1. The predicted octanol–water partition coefficient (Wildman–Crippen LogP) is 2.46. The zero-order valence-corrected chi connectivity index (χ0v) is 16.3. The number of nitrogens with two attached hydrogens (primary N) is 2. The van der Waals surface area contributed by atoms with Crippen LogP contribution in [0.25, 0.3) is 10.2 Å². The fraction of sp³-hybridized carbons (Fsp3) is 0.316. The molecule has 1 aliphatic heterocycles. The van der Waals surface area contributed by atoms with Gasteiger partial charge in [-0.15, -0.1) is 11.3 Å². The summed E-state index contributed by atoms with van der Waals surface area (Å²) >= 11 is 1.31. The van der Waals surface area contributed by atoms with Crippen molar-refractivity contribution in [1.82, 2.24) is 9.97 Å². The topological polar surface area (TPSA) is 119 Å². The van der Waals surface area contributed by atoms with E-state index in [9.17, 15) is 4.79 Å². The first kappa shape index (κ1) is 18.5. The highest BCUT2D eigenvalue weighted by Gasteiger charge is 2.23. The predicted molar refractivity (Wildman–Crippen MR) is 112 cm³/mol. The van der Waals surface area contributed by atoms with Gasteiger partial charge in [-0.3, -0.25) is 14.8 Å². The number of ether oxygens (including phenoxy) is 1. The highest BCUT2D eigenvalue weighted by Crippen LogP contribution is 2.35. The number of aromatic nitrogens is 2.